The molecule has 5 nitrogen and oxygen atoms in total. The molecule has 0 saturated carbocycles. The molecule has 0 bridgehead atoms. The van der Waals surface area contributed by atoms with Crippen LogP contribution in [-0.4, -0.2) is 47.3 Å². The first-order valence-corrected chi connectivity index (χ1v) is 9.52. The van der Waals surface area contributed by atoms with Gasteiger partial charge in [0.1, 0.15) is 11.3 Å². The molecular weight excluding hydrogens is 340 g/mol. The fourth-order valence-electron chi connectivity index (χ4n) is 3.63. The molecule has 144 valence electrons. The van der Waals surface area contributed by atoms with Crippen molar-refractivity contribution in [3.63, 3.8) is 0 Å². The van der Waals surface area contributed by atoms with Crippen LogP contribution in [-0.2, 0) is 0 Å². The van der Waals surface area contributed by atoms with Crippen molar-refractivity contribution in [1.29, 1.82) is 0 Å². The summed E-state index contributed by atoms with van der Waals surface area (Å²) in [5.74, 6) is -0.756. The van der Waals surface area contributed by atoms with Gasteiger partial charge in [-0.25, -0.2) is 4.79 Å². The number of phenols is 1. The summed E-state index contributed by atoms with van der Waals surface area (Å²) in [6.07, 6.45) is 0. The van der Waals surface area contributed by atoms with Gasteiger partial charge in [-0.15, -0.1) is 0 Å². The summed E-state index contributed by atoms with van der Waals surface area (Å²) in [4.78, 5) is 15.9. The molecule has 1 unspecified atom stereocenters. The summed E-state index contributed by atoms with van der Waals surface area (Å²) in [5, 5.41) is 18.9. The maximum absolute atomic E-state index is 11.2. The zero-order valence-corrected chi connectivity index (χ0v) is 16.2. The Labute approximate surface area is 160 Å². The zero-order valence-electron chi connectivity index (χ0n) is 16.2. The molecule has 0 aromatic heterocycles. The highest BCUT2D eigenvalue weighted by atomic mass is 16.4. The second-order valence-corrected chi connectivity index (χ2v) is 7.53. The standard InChI is InChI=1S/C22H28N2O3/c1-15(2)17-4-6-18(7-5-17)16(3)23-10-12-24(13-11-23)19-8-9-21(25)20(14-19)22(26)27/h4-9,14-16,25H,10-13H2,1-3H3,(H,26,27). The van der Waals surface area contributed by atoms with Gasteiger partial charge in [-0.05, 0) is 42.2 Å². The van der Waals surface area contributed by atoms with Gasteiger partial charge in [0.2, 0.25) is 0 Å². The van der Waals surface area contributed by atoms with E-state index in [1.807, 2.05) is 0 Å². The maximum Gasteiger partial charge on any atom is 0.339 e. The Bertz CT molecular complexity index is 794. The monoisotopic (exact) mass is 368 g/mol. The summed E-state index contributed by atoms with van der Waals surface area (Å²) in [6.45, 7) is 10.1. The fourth-order valence-corrected chi connectivity index (χ4v) is 3.63. The Morgan fingerprint density at radius 2 is 1.52 bits per heavy atom. The van der Waals surface area contributed by atoms with Crippen molar-refractivity contribution >= 4 is 11.7 Å². The SMILES string of the molecule is CC(C)c1ccc(C(C)N2CCN(c3ccc(O)c(C(=O)O)c3)CC2)cc1. The van der Waals surface area contributed by atoms with Gasteiger partial charge in [0.05, 0.1) is 0 Å². The van der Waals surface area contributed by atoms with E-state index in [-0.39, 0.29) is 11.3 Å². The molecule has 5 heteroatoms. The topological polar surface area (TPSA) is 64.0 Å². The molecule has 2 N–H and O–H groups in total. The molecule has 27 heavy (non-hydrogen) atoms. The van der Waals surface area contributed by atoms with E-state index in [0.717, 1.165) is 31.9 Å². The Balaban J connectivity index is 1.64. The summed E-state index contributed by atoms with van der Waals surface area (Å²) in [7, 11) is 0. The number of rotatable bonds is 5. The first-order valence-electron chi connectivity index (χ1n) is 9.52. The van der Waals surface area contributed by atoms with Crippen molar-refractivity contribution in [2.45, 2.75) is 32.7 Å². The molecule has 1 aliphatic rings. The third-order valence-electron chi connectivity index (χ3n) is 5.52. The third-order valence-corrected chi connectivity index (χ3v) is 5.52. The van der Waals surface area contributed by atoms with Crippen LogP contribution in [0.2, 0.25) is 0 Å². The lowest BCUT2D eigenvalue weighted by Crippen LogP contribution is -2.47. The van der Waals surface area contributed by atoms with Crippen molar-refractivity contribution in [3.05, 3.63) is 59.2 Å². The Hall–Kier alpha value is -2.53. The van der Waals surface area contributed by atoms with E-state index in [4.69, 9.17) is 0 Å². The number of hydrogen-bond acceptors (Lipinski definition) is 4. The number of aromatic hydroxyl groups is 1. The lowest BCUT2D eigenvalue weighted by molar-refractivity contribution is 0.0693. The number of carbonyl (C=O) groups is 1. The average Bonchev–Trinajstić information content (AvgIpc) is 2.68. The quantitative estimate of drug-likeness (QED) is 0.832. The highest BCUT2D eigenvalue weighted by Gasteiger charge is 2.23. The van der Waals surface area contributed by atoms with Crippen molar-refractivity contribution in [1.82, 2.24) is 4.90 Å². The van der Waals surface area contributed by atoms with E-state index < -0.39 is 5.97 Å². The van der Waals surface area contributed by atoms with E-state index in [2.05, 4.69) is 54.8 Å². The van der Waals surface area contributed by atoms with Crippen LogP contribution in [0, 0.1) is 0 Å². The molecule has 1 fully saturated rings. The van der Waals surface area contributed by atoms with Crippen LogP contribution >= 0.6 is 0 Å². The molecule has 1 saturated heterocycles. The molecule has 2 aromatic rings. The highest BCUT2D eigenvalue weighted by Crippen LogP contribution is 2.28. The van der Waals surface area contributed by atoms with Crippen molar-refractivity contribution < 1.29 is 15.0 Å². The number of aromatic carboxylic acids is 1. The number of nitrogens with zero attached hydrogens (tertiary/aromatic N) is 2. The predicted octanol–water partition coefficient (Wildman–Crippen LogP) is 4.10. The molecular formula is C22H28N2O3. The molecule has 0 radical (unpaired) electrons. The van der Waals surface area contributed by atoms with Crippen molar-refractivity contribution in [2.75, 3.05) is 31.1 Å². The van der Waals surface area contributed by atoms with Crippen LogP contribution in [0.25, 0.3) is 0 Å². The number of benzene rings is 2. The minimum atomic E-state index is -1.11. The van der Waals surface area contributed by atoms with Gasteiger partial charge in [0, 0.05) is 37.9 Å². The van der Waals surface area contributed by atoms with Gasteiger partial charge < -0.3 is 15.1 Å². The number of carboxylic acids is 1. The number of piperazine rings is 1. The van der Waals surface area contributed by atoms with Crippen LogP contribution in [0.15, 0.2) is 42.5 Å². The van der Waals surface area contributed by atoms with Crippen molar-refractivity contribution in [3.8, 4) is 5.75 Å². The van der Waals surface area contributed by atoms with Gasteiger partial charge in [-0.3, -0.25) is 4.90 Å². The van der Waals surface area contributed by atoms with Crippen LogP contribution in [0.3, 0.4) is 0 Å². The number of anilines is 1. The smallest absolute Gasteiger partial charge is 0.339 e. The summed E-state index contributed by atoms with van der Waals surface area (Å²) >= 11 is 0. The largest absolute Gasteiger partial charge is 0.507 e. The number of carboxylic acid groups (broad SMARTS) is 1. The maximum atomic E-state index is 11.2. The van der Waals surface area contributed by atoms with Crippen LogP contribution in [0.1, 0.15) is 54.2 Å². The summed E-state index contributed by atoms with van der Waals surface area (Å²) in [5.41, 5.74) is 3.48. The molecule has 1 aliphatic heterocycles. The molecule has 2 aromatic carbocycles. The van der Waals surface area contributed by atoms with E-state index in [1.165, 1.54) is 17.2 Å². The van der Waals surface area contributed by atoms with Gasteiger partial charge in [-0.2, -0.15) is 0 Å². The molecule has 0 amide bonds. The van der Waals surface area contributed by atoms with Gasteiger partial charge >= 0.3 is 5.97 Å². The summed E-state index contributed by atoms with van der Waals surface area (Å²) < 4.78 is 0. The zero-order chi connectivity index (χ0) is 19.6. The lowest BCUT2D eigenvalue weighted by Gasteiger charge is -2.39. The first-order chi connectivity index (χ1) is 12.9. The van der Waals surface area contributed by atoms with E-state index in [9.17, 15) is 15.0 Å². The minimum Gasteiger partial charge on any atom is -0.507 e. The van der Waals surface area contributed by atoms with Gasteiger partial charge in [-0.1, -0.05) is 38.1 Å². The molecule has 1 atom stereocenters. The van der Waals surface area contributed by atoms with Crippen LogP contribution < -0.4 is 4.90 Å². The molecule has 0 spiro atoms. The second-order valence-electron chi connectivity index (χ2n) is 7.53. The van der Waals surface area contributed by atoms with Gasteiger partial charge in [0.25, 0.3) is 0 Å². The van der Waals surface area contributed by atoms with Crippen LogP contribution in [0.5, 0.6) is 5.75 Å². The second kappa shape index (κ2) is 8.01. The first kappa shape index (κ1) is 19.2. The highest BCUT2D eigenvalue weighted by molar-refractivity contribution is 5.92. The van der Waals surface area contributed by atoms with Crippen molar-refractivity contribution in [2.24, 2.45) is 0 Å². The lowest BCUT2D eigenvalue weighted by atomic mass is 9.99. The predicted molar refractivity (Wildman–Crippen MR) is 108 cm³/mol. The normalized spacial score (nSPS) is 16.5. The van der Waals surface area contributed by atoms with E-state index >= 15 is 0 Å². The minimum absolute atomic E-state index is 0.0476. The average molecular weight is 368 g/mol. The molecule has 0 aliphatic carbocycles. The Kier molecular flexibility index (Phi) is 5.71. The molecule has 1 heterocycles. The van der Waals surface area contributed by atoms with Crippen LogP contribution in [0.4, 0.5) is 5.69 Å². The fraction of sp³-hybridized carbons (Fsp3) is 0.409. The van der Waals surface area contributed by atoms with E-state index in [0.29, 0.717) is 12.0 Å². The Morgan fingerprint density at radius 1 is 0.926 bits per heavy atom. The van der Waals surface area contributed by atoms with Gasteiger partial charge in [0.15, 0.2) is 0 Å². The third kappa shape index (κ3) is 4.25. The molecule has 3 rings (SSSR count). The number of hydrogen-bond donors (Lipinski definition) is 2. The van der Waals surface area contributed by atoms with E-state index in [1.54, 1.807) is 12.1 Å². The Morgan fingerprint density at radius 3 is 2.07 bits per heavy atom. The summed E-state index contributed by atoms with van der Waals surface area (Å²) in [6, 6.07) is 14.0.